The summed E-state index contributed by atoms with van der Waals surface area (Å²) in [6.45, 7) is 2.90. The molecule has 2 amide bonds. The van der Waals surface area contributed by atoms with Crippen LogP contribution in [0.15, 0.2) is 42.5 Å². The van der Waals surface area contributed by atoms with Gasteiger partial charge in [0, 0.05) is 18.3 Å². The lowest BCUT2D eigenvalue weighted by Gasteiger charge is -2.14. The number of hydrogen-bond acceptors (Lipinski definition) is 6. The van der Waals surface area contributed by atoms with E-state index in [9.17, 15) is 14.4 Å². The van der Waals surface area contributed by atoms with Crippen LogP contribution in [-0.4, -0.2) is 38.1 Å². The smallest absolute Gasteiger partial charge is 0.311 e. The van der Waals surface area contributed by atoms with E-state index >= 15 is 0 Å². The maximum Gasteiger partial charge on any atom is 0.311 e. The molecule has 8 nitrogen and oxygen atoms in total. The first-order valence-corrected chi connectivity index (χ1v) is 8.91. The highest BCUT2D eigenvalue weighted by molar-refractivity contribution is 5.95. The van der Waals surface area contributed by atoms with Crippen LogP contribution in [0, 0.1) is 0 Å². The summed E-state index contributed by atoms with van der Waals surface area (Å²) in [4.78, 5) is 35.4. The van der Waals surface area contributed by atoms with Crippen LogP contribution in [0.1, 0.15) is 19.4 Å². The SMILES string of the molecule is COc1ccc(CC(=O)OC(C)C(=O)Nc2ccc(NC(C)=O)cc2)cc1OC. The predicted octanol–water partition coefficient (Wildman–Crippen LogP) is 2.78. The van der Waals surface area contributed by atoms with Gasteiger partial charge in [0.15, 0.2) is 17.6 Å². The Morgan fingerprint density at radius 1 is 0.897 bits per heavy atom. The molecule has 2 rings (SSSR count). The highest BCUT2D eigenvalue weighted by atomic mass is 16.5. The largest absolute Gasteiger partial charge is 0.493 e. The van der Waals surface area contributed by atoms with Gasteiger partial charge < -0.3 is 24.8 Å². The van der Waals surface area contributed by atoms with Gasteiger partial charge in [-0.2, -0.15) is 0 Å². The molecule has 2 aromatic carbocycles. The van der Waals surface area contributed by atoms with E-state index in [1.54, 1.807) is 42.5 Å². The minimum Gasteiger partial charge on any atom is -0.493 e. The lowest BCUT2D eigenvalue weighted by atomic mass is 10.1. The topological polar surface area (TPSA) is 103 Å². The molecule has 29 heavy (non-hydrogen) atoms. The Kier molecular flexibility index (Phi) is 7.59. The minimum absolute atomic E-state index is 0.0105. The highest BCUT2D eigenvalue weighted by Gasteiger charge is 2.19. The molecule has 0 radical (unpaired) electrons. The molecule has 0 saturated heterocycles. The van der Waals surface area contributed by atoms with Crippen LogP contribution in [0.25, 0.3) is 0 Å². The van der Waals surface area contributed by atoms with Gasteiger partial charge in [-0.15, -0.1) is 0 Å². The summed E-state index contributed by atoms with van der Waals surface area (Å²) in [5, 5.41) is 5.29. The molecule has 0 heterocycles. The summed E-state index contributed by atoms with van der Waals surface area (Å²) in [6, 6.07) is 11.7. The molecule has 2 aromatic rings. The number of methoxy groups -OCH3 is 2. The lowest BCUT2D eigenvalue weighted by Crippen LogP contribution is -2.30. The number of anilines is 2. The molecule has 0 spiro atoms. The van der Waals surface area contributed by atoms with Gasteiger partial charge in [0.25, 0.3) is 5.91 Å². The number of amides is 2. The monoisotopic (exact) mass is 400 g/mol. The van der Waals surface area contributed by atoms with Crippen LogP contribution in [0.2, 0.25) is 0 Å². The summed E-state index contributed by atoms with van der Waals surface area (Å²) in [7, 11) is 3.04. The normalized spacial score (nSPS) is 11.2. The van der Waals surface area contributed by atoms with E-state index in [0.29, 0.717) is 28.4 Å². The number of hydrogen-bond donors (Lipinski definition) is 2. The summed E-state index contributed by atoms with van der Waals surface area (Å²) < 4.78 is 15.6. The number of benzene rings is 2. The van der Waals surface area contributed by atoms with Crippen LogP contribution < -0.4 is 20.1 Å². The Morgan fingerprint density at radius 3 is 2.03 bits per heavy atom. The molecule has 0 aliphatic carbocycles. The fraction of sp³-hybridized carbons (Fsp3) is 0.286. The second kappa shape index (κ2) is 10.1. The Bertz CT molecular complexity index is 879. The quantitative estimate of drug-likeness (QED) is 0.661. The van der Waals surface area contributed by atoms with E-state index in [-0.39, 0.29) is 12.3 Å². The third kappa shape index (κ3) is 6.53. The van der Waals surface area contributed by atoms with Gasteiger partial charge in [0.05, 0.1) is 20.6 Å². The molecule has 0 saturated carbocycles. The van der Waals surface area contributed by atoms with E-state index in [1.807, 2.05) is 0 Å². The van der Waals surface area contributed by atoms with Crippen molar-refractivity contribution in [2.24, 2.45) is 0 Å². The van der Waals surface area contributed by atoms with Gasteiger partial charge in [-0.3, -0.25) is 14.4 Å². The zero-order chi connectivity index (χ0) is 21.4. The Hall–Kier alpha value is -3.55. The summed E-state index contributed by atoms with van der Waals surface area (Å²) >= 11 is 0. The first kappa shape index (κ1) is 21.7. The molecule has 1 atom stereocenters. The van der Waals surface area contributed by atoms with Crippen LogP contribution in [0.3, 0.4) is 0 Å². The fourth-order valence-electron chi connectivity index (χ4n) is 2.53. The molecule has 154 valence electrons. The van der Waals surface area contributed by atoms with E-state index in [1.165, 1.54) is 28.1 Å². The number of nitrogens with one attached hydrogen (secondary N) is 2. The molecular formula is C21H24N2O6. The van der Waals surface area contributed by atoms with Gasteiger partial charge in [-0.1, -0.05) is 6.07 Å². The van der Waals surface area contributed by atoms with Crippen molar-refractivity contribution in [1.82, 2.24) is 0 Å². The number of ether oxygens (including phenoxy) is 3. The first-order valence-electron chi connectivity index (χ1n) is 8.91. The number of rotatable bonds is 8. The van der Waals surface area contributed by atoms with Crippen LogP contribution >= 0.6 is 0 Å². The van der Waals surface area contributed by atoms with Crippen molar-refractivity contribution in [1.29, 1.82) is 0 Å². The molecule has 0 bridgehead atoms. The van der Waals surface area contributed by atoms with Crippen LogP contribution in [0.4, 0.5) is 11.4 Å². The van der Waals surface area contributed by atoms with Crippen molar-refractivity contribution >= 4 is 29.2 Å². The minimum atomic E-state index is -0.974. The molecule has 0 fully saturated rings. The molecule has 0 aromatic heterocycles. The number of esters is 1. The summed E-state index contributed by atoms with van der Waals surface area (Å²) in [5.74, 6) is -0.121. The van der Waals surface area contributed by atoms with Gasteiger partial charge in [0.2, 0.25) is 5.91 Å². The first-order chi connectivity index (χ1) is 13.8. The third-order valence-electron chi connectivity index (χ3n) is 3.95. The third-order valence-corrected chi connectivity index (χ3v) is 3.95. The zero-order valence-corrected chi connectivity index (χ0v) is 16.8. The van der Waals surface area contributed by atoms with Crippen LogP contribution in [0.5, 0.6) is 11.5 Å². The van der Waals surface area contributed by atoms with Crippen molar-refractivity contribution in [3.05, 3.63) is 48.0 Å². The van der Waals surface area contributed by atoms with Gasteiger partial charge in [0.1, 0.15) is 0 Å². The average molecular weight is 400 g/mol. The lowest BCUT2D eigenvalue weighted by molar-refractivity contribution is -0.152. The second-order valence-electron chi connectivity index (χ2n) is 6.25. The summed E-state index contributed by atoms with van der Waals surface area (Å²) in [6.07, 6.45) is -0.985. The highest BCUT2D eigenvalue weighted by Crippen LogP contribution is 2.27. The van der Waals surface area contributed by atoms with Gasteiger partial charge >= 0.3 is 5.97 Å². The Morgan fingerprint density at radius 2 is 1.48 bits per heavy atom. The fourth-order valence-corrected chi connectivity index (χ4v) is 2.53. The Labute approximate surface area is 169 Å². The maximum atomic E-state index is 12.3. The molecule has 1 unspecified atom stereocenters. The molecule has 2 N–H and O–H groups in total. The second-order valence-corrected chi connectivity index (χ2v) is 6.25. The molecule has 0 aliphatic heterocycles. The standard InChI is InChI=1S/C21H24N2O6/c1-13(21(26)23-17-8-6-16(7-9-17)22-14(2)24)29-20(25)12-15-5-10-18(27-3)19(11-15)28-4/h5-11,13H,12H2,1-4H3,(H,22,24)(H,23,26). The van der Waals surface area contributed by atoms with E-state index in [2.05, 4.69) is 10.6 Å². The van der Waals surface area contributed by atoms with Gasteiger partial charge in [-0.25, -0.2) is 0 Å². The van der Waals surface area contributed by atoms with Gasteiger partial charge in [-0.05, 0) is 48.9 Å². The zero-order valence-electron chi connectivity index (χ0n) is 16.8. The molecule has 8 heteroatoms. The van der Waals surface area contributed by atoms with Crippen LogP contribution in [-0.2, 0) is 25.5 Å². The van der Waals surface area contributed by atoms with Crippen molar-refractivity contribution in [2.75, 3.05) is 24.9 Å². The summed E-state index contributed by atoms with van der Waals surface area (Å²) in [5.41, 5.74) is 1.81. The van der Waals surface area contributed by atoms with Crippen molar-refractivity contribution in [2.45, 2.75) is 26.4 Å². The Balaban J connectivity index is 1.90. The van der Waals surface area contributed by atoms with Crippen molar-refractivity contribution in [3.8, 4) is 11.5 Å². The molecule has 0 aliphatic rings. The number of carbonyl (C=O) groups is 3. The van der Waals surface area contributed by atoms with Crippen molar-refractivity contribution in [3.63, 3.8) is 0 Å². The predicted molar refractivity (Wildman–Crippen MR) is 108 cm³/mol. The van der Waals surface area contributed by atoms with E-state index in [0.717, 1.165) is 0 Å². The van der Waals surface area contributed by atoms with Crippen molar-refractivity contribution < 1.29 is 28.6 Å². The maximum absolute atomic E-state index is 12.3. The average Bonchev–Trinajstić information content (AvgIpc) is 2.68. The molecular weight excluding hydrogens is 376 g/mol. The van der Waals surface area contributed by atoms with E-state index in [4.69, 9.17) is 14.2 Å². The van der Waals surface area contributed by atoms with E-state index < -0.39 is 18.0 Å². The number of carbonyl (C=O) groups excluding carboxylic acids is 3.